The highest BCUT2D eigenvalue weighted by atomic mass is 35.5. The van der Waals surface area contributed by atoms with Gasteiger partial charge in [0.2, 0.25) is 6.23 Å². The zero-order valence-corrected chi connectivity index (χ0v) is 20.3. The number of nitrogens with zero attached hydrogens (tertiary/aromatic N) is 5. The summed E-state index contributed by atoms with van der Waals surface area (Å²) in [5.74, 6) is -1.41. The van der Waals surface area contributed by atoms with E-state index in [0.29, 0.717) is 5.56 Å². The van der Waals surface area contributed by atoms with Gasteiger partial charge in [0.25, 0.3) is 5.91 Å². The zero-order chi connectivity index (χ0) is 26.2. The molecular formula is C22H23ClFN7O5. The van der Waals surface area contributed by atoms with Crippen molar-refractivity contribution in [3.8, 4) is 0 Å². The Hall–Kier alpha value is -4.10. The van der Waals surface area contributed by atoms with Crippen LogP contribution in [0.4, 0.5) is 20.7 Å². The Labute approximate surface area is 210 Å². The average molecular weight is 520 g/mol. The van der Waals surface area contributed by atoms with Gasteiger partial charge in [-0.1, -0.05) is 17.7 Å². The van der Waals surface area contributed by atoms with E-state index in [9.17, 15) is 18.8 Å². The van der Waals surface area contributed by atoms with E-state index in [1.807, 2.05) is 0 Å². The van der Waals surface area contributed by atoms with Crippen molar-refractivity contribution in [2.75, 3.05) is 30.9 Å². The molecule has 0 aliphatic carbocycles. The molecule has 0 bridgehead atoms. The largest absolute Gasteiger partial charge is 0.460 e. The third kappa shape index (κ3) is 6.73. The zero-order valence-electron chi connectivity index (χ0n) is 19.6. The minimum absolute atomic E-state index is 0.0202. The van der Waals surface area contributed by atoms with Gasteiger partial charge in [0.05, 0.1) is 23.5 Å². The summed E-state index contributed by atoms with van der Waals surface area (Å²) >= 11 is 5.92. The second-order valence-electron chi connectivity index (χ2n) is 7.35. The topological polar surface area (TPSA) is 141 Å². The molecule has 0 fully saturated rings. The number of hydrogen-bond donors (Lipinski definition) is 2. The first kappa shape index (κ1) is 26.5. The van der Waals surface area contributed by atoms with Crippen molar-refractivity contribution >= 4 is 41.1 Å². The quantitative estimate of drug-likeness (QED) is 0.408. The lowest BCUT2D eigenvalue weighted by molar-refractivity contribution is -0.143. The van der Waals surface area contributed by atoms with Crippen molar-refractivity contribution in [1.29, 1.82) is 0 Å². The van der Waals surface area contributed by atoms with Crippen LogP contribution in [0.3, 0.4) is 0 Å². The Morgan fingerprint density at radius 1 is 1.28 bits per heavy atom. The van der Waals surface area contributed by atoms with E-state index in [1.165, 1.54) is 32.4 Å². The summed E-state index contributed by atoms with van der Waals surface area (Å²) in [6.45, 7) is 1.45. The van der Waals surface area contributed by atoms with Gasteiger partial charge in [-0.25, -0.2) is 14.2 Å². The number of ether oxygens (including phenoxy) is 2. The lowest BCUT2D eigenvalue weighted by Gasteiger charge is -2.21. The fourth-order valence-electron chi connectivity index (χ4n) is 2.89. The van der Waals surface area contributed by atoms with Crippen LogP contribution in [-0.2, 0) is 20.9 Å². The van der Waals surface area contributed by atoms with Crippen molar-refractivity contribution < 1.29 is 28.2 Å². The van der Waals surface area contributed by atoms with Crippen LogP contribution in [0.25, 0.3) is 0 Å². The van der Waals surface area contributed by atoms with Gasteiger partial charge in [-0.15, -0.1) is 9.90 Å². The molecule has 0 saturated heterocycles. The lowest BCUT2D eigenvalue weighted by atomic mass is 10.2. The third-order valence-electron chi connectivity index (χ3n) is 4.69. The van der Waals surface area contributed by atoms with Gasteiger partial charge in [0.15, 0.2) is 5.69 Å². The van der Waals surface area contributed by atoms with Crippen molar-refractivity contribution in [1.82, 2.24) is 25.3 Å². The average Bonchev–Trinajstić information content (AvgIpc) is 3.35. The Kier molecular flexibility index (Phi) is 8.86. The molecule has 3 rings (SSSR count). The fourth-order valence-corrected chi connectivity index (χ4v) is 3.10. The Morgan fingerprint density at radius 3 is 2.78 bits per heavy atom. The van der Waals surface area contributed by atoms with Gasteiger partial charge in [0.1, 0.15) is 18.2 Å². The number of rotatable bonds is 9. The van der Waals surface area contributed by atoms with E-state index in [4.69, 9.17) is 21.1 Å². The van der Waals surface area contributed by atoms with Gasteiger partial charge < -0.3 is 20.1 Å². The standard InChI is InChI=1S/C22H23ClFN7O5/c1-13(31-27-10-18(29-31)21(33)28-17-7-6-15(24)9-16(17)23)36-22(34)30(3)20-14(5-4-8-26-20)12-35-19(32)11-25-2/h4-10,13,25H,11-12H2,1-3H3,(H,28,33). The summed E-state index contributed by atoms with van der Waals surface area (Å²) in [5, 5.41) is 13.2. The summed E-state index contributed by atoms with van der Waals surface area (Å²) in [4.78, 5) is 43.2. The normalized spacial score (nSPS) is 11.5. The molecule has 0 radical (unpaired) electrons. The molecule has 2 heterocycles. The van der Waals surface area contributed by atoms with Crippen LogP contribution < -0.4 is 15.5 Å². The number of hydrogen-bond acceptors (Lipinski definition) is 9. The highest BCUT2D eigenvalue weighted by Gasteiger charge is 2.22. The predicted molar refractivity (Wildman–Crippen MR) is 127 cm³/mol. The number of likely N-dealkylation sites (N-methyl/N-ethyl adjacent to an activating group) is 1. The van der Waals surface area contributed by atoms with E-state index < -0.39 is 30.0 Å². The number of carbonyl (C=O) groups excluding carboxylic acids is 3. The number of carbonyl (C=O) groups is 3. The van der Waals surface area contributed by atoms with Gasteiger partial charge in [-0.3, -0.25) is 14.5 Å². The van der Waals surface area contributed by atoms with Gasteiger partial charge in [-0.05, 0) is 38.2 Å². The summed E-state index contributed by atoms with van der Waals surface area (Å²) in [7, 11) is 3.06. The maximum atomic E-state index is 13.2. The first-order valence-corrected chi connectivity index (χ1v) is 10.9. The maximum absolute atomic E-state index is 13.2. The molecule has 3 aromatic rings. The molecule has 1 aromatic carbocycles. The maximum Gasteiger partial charge on any atom is 0.417 e. The molecule has 0 saturated carbocycles. The number of nitrogens with one attached hydrogen (secondary N) is 2. The molecule has 0 aliphatic heterocycles. The second kappa shape index (κ2) is 12.0. The molecule has 14 heteroatoms. The first-order chi connectivity index (χ1) is 17.2. The van der Waals surface area contributed by atoms with Crippen LogP contribution in [0.15, 0.2) is 42.7 Å². The second-order valence-corrected chi connectivity index (χ2v) is 7.75. The number of anilines is 2. The molecule has 2 N–H and O–H groups in total. The van der Waals surface area contributed by atoms with Crippen molar-refractivity contribution in [2.24, 2.45) is 0 Å². The number of aromatic nitrogens is 4. The van der Waals surface area contributed by atoms with Gasteiger partial charge in [0, 0.05) is 18.8 Å². The number of halogens is 2. The van der Waals surface area contributed by atoms with Crippen LogP contribution in [0.5, 0.6) is 0 Å². The van der Waals surface area contributed by atoms with Crippen molar-refractivity contribution in [3.05, 3.63) is 64.8 Å². The van der Waals surface area contributed by atoms with Crippen molar-refractivity contribution in [2.45, 2.75) is 19.8 Å². The smallest absolute Gasteiger partial charge is 0.417 e. The highest BCUT2D eigenvalue weighted by molar-refractivity contribution is 6.33. The molecule has 12 nitrogen and oxygen atoms in total. The minimum Gasteiger partial charge on any atom is -0.460 e. The van der Waals surface area contributed by atoms with Gasteiger partial charge in [-0.2, -0.15) is 5.10 Å². The van der Waals surface area contributed by atoms with Crippen LogP contribution in [0, 0.1) is 5.82 Å². The number of benzene rings is 1. The Bertz CT molecular complexity index is 1260. The number of amides is 2. The summed E-state index contributed by atoms with van der Waals surface area (Å²) in [6.07, 6.45) is 0.883. The van der Waals surface area contributed by atoms with E-state index in [-0.39, 0.29) is 35.4 Å². The van der Waals surface area contributed by atoms with E-state index >= 15 is 0 Å². The lowest BCUT2D eigenvalue weighted by Crippen LogP contribution is -2.31. The van der Waals surface area contributed by atoms with Gasteiger partial charge >= 0.3 is 12.1 Å². The highest BCUT2D eigenvalue weighted by Crippen LogP contribution is 2.23. The van der Waals surface area contributed by atoms with Crippen LogP contribution in [0.2, 0.25) is 5.02 Å². The molecule has 1 unspecified atom stereocenters. The first-order valence-electron chi connectivity index (χ1n) is 10.6. The SMILES string of the molecule is CNCC(=O)OCc1cccnc1N(C)C(=O)OC(C)n1ncc(C(=O)Nc2ccc(F)cc2Cl)n1. The van der Waals surface area contributed by atoms with Crippen LogP contribution in [-0.4, -0.2) is 58.6 Å². The Balaban J connectivity index is 1.63. The molecule has 1 atom stereocenters. The molecule has 2 amide bonds. The van der Waals surface area contributed by atoms with Crippen molar-refractivity contribution in [3.63, 3.8) is 0 Å². The molecular weight excluding hydrogens is 497 g/mol. The monoisotopic (exact) mass is 519 g/mol. The van der Waals surface area contributed by atoms with E-state index in [1.54, 1.807) is 19.2 Å². The third-order valence-corrected chi connectivity index (χ3v) is 5.00. The molecule has 0 spiro atoms. The number of esters is 1. The van der Waals surface area contributed by atoms with E-state index in [2.05, 4.69) is 25.8 Å². The number of pyridine rings is 1. The molecule has 36 heavy (non-hydrogen) atoms. The molecule has 0 aliphatic rings. The van der Waals surface area contributed by atoms with Crippen LogP contribution >= 0.6 is 11.6 Å². The van der Waals surface area contributed by atoms with Crippen LogP contribution in [0.1, 0.15) is 29.2 Å². The summed E-state index contributed by atoms with van der Waals surface area (Å²) < 4.78 is 23.7. The van der Waals surface area contributed by atoms with E-state index in [0.717, 1.165) is 21.8 Å². The summed E-state index contributed by atoms with van der Waals surface area (Å²) in [6, 6.07) is 6.83. The minimum atomic E-state index is -0.989. The molecule has 2 aromatic heterocycles. The molecule has 190 valence electrons. The predicted octanol–water partition coefficient (Wildman–Crippen LogP) is 2.77. The fraction of sp³-hybridized carbons (Fsp3) is 0.273. The Morgan fingerprint density at radius 2 is 2.06 bits per heavy atom. The summed E-state index contributed by atoms with van der Waals surface area (Å²) in [5.41, 5.74) is 0.605.